The van der Waals surface area contributed by atoms with Gasteiger partial charge >= 0.3 is 6.61 Å². The van der Waals surface area contributed by atoms with Crippen LogP contribution in [0.25, 0.3) is 16.6 Å². The molecule has 4 rings (SSSR count). The Bertz CT molecular complexity index is 1300. The van der Waals surface area contributed by atoms with Gasteiger partial charge in [0.2, 0.25) is 5.88 Å². The lowest BCUT2D eigenvalue weighted by Gasteiger charge is -2.18. The minimum atomic E-state index is -3.01. The number of ether oxygens (including phenoxy) is 2. The largest absolute Gasteiger partial charge is 0.490 e. The van der Waals surface area contributed by atoms with Crippen molar-refractivity contribution in [2.75, 3.05) is 11.9 Å². The molecule has 8 nitrogen and oxygen atoms in total. The molecule has 0 aliphatic rings. The summed E-state index contributed by atoms with van der Waals surface area (Å²) >= 11 is 0. The van der Waals surface area contributed by atoms with Gasteiger partial charge in [0.15, 0.2) is 5.82 Å². The third kappa shape index (κ3) is 5.33. The van der Waals surface area contributed by atoms with Gasteiger partial charge in [-0.1, -0.05) is 0 Å². The van der Waals surface area contributed by atoms with Crippen molar-refractivity contribution >= 4 is 17.0 Å². The summed E-state index contributed by atoms with van der Waals surface area (Å²) in [6.45, 7) is 0.571. The fourth-order valence-electron chi connectivity index (χ4n) is 3.02. The average molecular weight is 450 g/mol. The van der Waals surface area contributed by atoms with Crippen molar-refractivity contribution in [3.63, 3.8) is 0 Å². The third-order valence-electron chi connectivity index (χ3n) is 4.65. The highest BCUT2D eigenvalue weighted by atomic mass is 19.3. The maximum absolute atomic E-state index is 12.7. The number of aromatic nitrogens is 4. The first-order valence-corrected chi connectivity index (χ1v) is 9.99. The van der Waals surface area contributed by atoms with Crippen molar-refractivity contribution in [2.24, 2.45) is 5.41 Å². The van der Waals surface area contributed by atoms with Gasteiger partial charge in [-0.25, -0.2) is 9.50 Å². The van der Waals surface area contributed by atoms with Crippen LogP contribution in [0.3, 0.4) is 0 Å². The van der Waals surface area contributed by atoms with E-state index in [0.29, 0.717) is 22.7 Å². The van der Waals surface area contributed by atoms with Crippen LogP contribution < -0.4 is 14.8 Å². The van der Waals surface area contributed by atoms with Gasteiger partial charge in [0.25, 0.3) is 0 Å². The Morgan fingerprint density at radius 2 is 2.06 bits per heavy atom. The van der Waals surface area contributed by atoms with E-state index >= 15 is 0 Å². The lowest BCUT2D eigenvalue weighted by atomic mass is 9.97. The molecule has 1 N–H and O–H groups in total. The number of nitriles is 1. The van der Waals surface area contributed by atoms with Crippen molar-refractivity contribution in [2.45, 2.75) is 20.5 Å². The highest BCUT2D eigenvalue weighted by Gasteiger charge is 2.20. The van der Waals surface area contributed by atoms with Crippen LogP contribution in [-0.4, -0.2) is 32.8 Å². The lowest BCUT2D eigenvalue weighted by molar-refractivity contribution is -0.0528. The second-order valence-electron chi connectivity index (χ2n) is 7.86. The van der Waals surface area contributed by atoms with E-state index in [1.165, 1.54) is 12.3 Å². The van der Waals surface area contributed by atoms with Crippen molar-refractivity contribution in [1.82, 2.24) is 19.6 Å². The molecule has 0 aliphatic heterocycles. The Labute approximate surface area is 188 Å². The van der Waals surface area contributed by atoms with Crippen LogP contribution in [0.1, 0.15) is 13.8 Å². The summed E-state index contributed by atoms with van der Waals surface area (Å²) in [5, 5.41) is 16.9. The number of rotatable bonds is 8. The number of pyridine rings is 3. The minimum absolute atomic E-state index is 0.0985. The predicted molar refractivity (Wildman–Crippen MR) is 117 cm³/mol. The second kappa shape index (κ2) is 9.08. The number of fused-ring (bicyclic) bond motifs is 1. The van der Waals surface area contributed by atoms with Gasteiger partial charge in [0, 0.05) is 30.1 Å². The number of nitrogens with zero attached hydrogens (tertiary/aromatic N) is 5. The Hall–Kier alpha value is -4.26. The number of nitrogens with one attached hydrogen (secondary N) is 1. The zero-order chi connectivity index (χ0) is 23.4. The first kappa shape index (κ1) is 22.0. The van der Waals surface area contributed by atoms with E-state index in [0.717, 1.165) is 11.2 Å². The summed E-state index contributed by atoms with van der Waals surface area (Å²) in [6.07, 6.45) is 6.43. The van der Waals surface area contributed by atoms with Crippen LogP contribution in [-0.2, 0) is 0 Å². The van der Waals surface area contributed by atoms with E-state index in [9.17, 15) is 14.0 Å². The molecular weight excluding hydrogens is 430 g/mol. The number of alkyl halides is 2. The van der Waals surface area contributed by atoms with Gasteiger partial charge in [-0.2, -0.15) is 19.1 Å². The zero-order valence-corrected chi connectivity index (χ0v) is 17.9. The first-order chi connectivity index (χ1) is 15.8. The van der Waals surface area contributed by atoms with E-state index in [-0.39, 0.29) is 12.5 Å². The Kier molecular flexibility index (Phi) is 6.04. The SMILES string of the molecule is CC(C)(C#N)COc1cnc(OC(F)F)cc1-c1ccn2nc(Nc3cccnc3)cc2c1. The average Bonchev–Trinajstić information content (AvgIpc) is 3.20. The van der Waals surface area contributed by atoms with Crippen molar-refractivity contribution in [1.29, 1.82) is 5.26 Å². The summed E-state index contributed by atoms with van der Waals surface area (Å²) in [5.74, 6) is 0.723. The molecule has 0 aliphatic carbocycles. The van der Waals surface area contributed by atoms with Crippen LogP contribution in [0, 0.1) is 16.7 Å². The molecule has 4 aromatic rings. The quantitative estimate of drug-likeness (QED) is 0.400. The number of halogens is 2. The van der Waals surface area contributed by atoms with Gasteiger partial charge in [-0.3, -0.25) is 4.98 Å². The fourth-order valence-corrected chi connectivity index (χ4v) is 3.02. The number of hydrogen-bond acceptors (Lipinski definition) is 7. The van der Waals surface area contributed by atoms with Gasteiger partial charge in [-0.15, -0.1) is 0 Å². The maximum Gasteiger partial charge on any atom is 0.388 e. The summed E-state index contributed by atoms with van der Waals surface area (Å²) in [6, 6.07) is 12.7. The molecule has 168 valence electrons. The van der Waals surface area contributed by atoms with Crippen LogP contribution in [0.4, 0.5) is 20.3 Å². The molecule has 0 amide bonds. The van der Waals surface area contributed by atoms with Gasteiger partial charge in [-0.05, 0) is 43.7 Å². The normalized spacial score (nSPS) is 11.4. The lowest BCUT2D eigenvalue weighted by Crippen LogP contribution is -2.19. The molecule has 0 aromatic carbocycles. The van der Waals surface area contributed by atoms with Crippen LogP contribution in [0.2, 0.25) is 0 Å². The molecule has 0 saturated carbocycles. The third-order valence-corrected chi connectivity index (χ3v) is 4.65. The molecule has 4 heterocycles. The molecule has 10 heteroatoms. The van der Waals surface area contributed by atoms with Crippen molar-refractivity contribution in [3.8, 4) is 28.8 Å². The molecule has 0 fully saturated rings. The van der Waals surface area contributed by atoms with Gasteiger partial charge < -0.3 is 14.8 Å². The summed E-state index contributed by atoms with van der Waals surface area (Å²) in [4.78, 5) is 7.97. The van der Waals surface area contributed by atoms with Gasteiger partial charge in [0.05, 0.1) is 35.1 Å². The second-order valence-corrected chi connectivity index (χ2v) is 7.86. The molecule has 0 atom stereocenters. The standard InChI is InChI=1S/C23H20F2N6O2/c1-23(2,13-26)14-32-19-12-28-21(33-22(24)25)10-18(19)15-5-7-31-17(8-15)9-20(30-31)29-16-4-3-6-27-11-16/h3-12,22H,14H2,1-2H3,(H,29,30). The van der Waals surface area contributed by atoms with E-state index in [1.807, 2.05) is 24.3 Å². The molecule has 0 saturated heterocycles. The Balaban J connectivity index is 1.69. The molecule has 0 unspecified atom stereocenters. The smallest absolute Gasteiger partial charge is 0.388 e. The summed E-state index contributed by atoms with van der Waals surface area (Å²) < 4.78 is 37.5. The summed E-state index contributed by atoms with van der Waals surface area (Å²) in [5.41, 5.74) is 1.99. The van der Waals surface area contributed by atoms with Crippen LogP contribution in [0.15, 0.2) is 61.2 Å². The van der Waals surface area contributed by atoms with Crippen molar-refractivity contribution in [3.05, 3.63) is 61.2 Å². The molecule has 0 spiro atoms. The van der Waals surface area contributed by atoms with Crippen LogP contribution >= 0.6 is 0 Å². The zero-order valence-electron chi connectivity index (χ0n) is 17.9. The first-order valence-electron chi connectivity index (χ1n) is 9.99. The molecule has 4 aromatic heterocycles. The number of anilines is 2. The van der Waals surface area contributed by atoms with E-state index in [4.69, 9.17) is 4.74 Å². The summed E-state index contributed by atoms with van der Waals surface area (Å²) in [7, 11) is 0. The molecular formula is C23H20F2N6O2. The number of hydrogen-bond donors (Lipinski definition) is 1. The maximum atomic E-state index is 12.7. The fraction of sp³-hybridized carbons (Fsp3) is 0.217. The van der Waals surface area contributed by atoms with E-state index in [2.05, 4.69) is 31.2 Å². The van der Waals surface area contributed by atoms with E-state index < -0.39 is 12.0 Å². The predicted octanol–water partition coefficient (Wildman–Crippen LogP) is 5.06. The highest BCUT2D eigenvalue weighted by molar-refractivity contribution is 5.75. The van der Waals surface area contributed by atoms with Gasteiger partial charge in [0.1, 0.15) is 12.4 Å². The molecule has 0 bridgehead atoms. The monoisotopic (exact) mass is 450 g/mol. The Morgan fingerprint density at radius 3 is 2.79 bits per heavy atom. The highest BCUT2D eigenvalue weighted by Crippen LogP contribution is 2.34. The Morgan fingerprint density at radius 1 is 1.21 bits per heavy atom. The topological polar surface area (TPSA) is 97.4 Å². The molecule has 33 heavy (non-hydrogen) atoms. The van der Waals surface area contributed by atoms with Crippen LogP contribution in [0.5, 0.6) is 11.6 Å². The van der Waals surface area contributed by atoms with Crippen molar-refractivity contribution < 1.29 is 18.3 Å². The van der Waals surface area contributed by atoms with E-state index in [1.54, 1.807) is 43.0 Å². The molecule has 0 radical (unpaired) electrons. The minimum Gasteiger partial charge on any atom is -0.490 e.